The summed E-state index contributed by atoms with van der Waals surface area (Å²) in [6.45, 7) is 15.2. The number of ketones is 1. The Hall–Kier alpha value is -12.8. The molecule has 6 N–H and O–H groups in total. The van der Waals surface area contributed by atoms with Gasteiger partial charge in [0, 0.05) is 128 Å². The van der Waals surface area contributed by atoms with Crippen LogP contribution in [0.3, 0.4) is 0 Å². The van der Waals surface area contributed by atoms with Crippen LogP contribution >= 0.6 is 11.6 Å². The Labute approximate surface area is 678 Å². The van der Waals surface area contributed by atoms with E-state index in [2.05, 4.69) is 156 Å². The zero-order chi connectivity index (χ0) is 82.1. The third kappa shape index (κ3) is 19.7. The van der Waals surface area contributed by atoms with Crippen LogP contribution in [0, 0.1) is 69.1 Å². The zero-order valence-electron chi connectivity index (χ0n) is 66.9. The molecule has 0 amide bonds. The highest BCUT2D eigenvalue weighted by molar-refractivity contribution is 6.31. The fourth-order valence-corrected chi connectivity index (χ4v) is 14.2. The summed E-state index contributed by atoms with van der Waals surface area (Å²) in [5, 5.41) is 13.2. The molecule has 1 aliphatic carbocycles. The number of nitrogens with two attached hydrogens (primary N) is 2. The number of carbonyl (C=O) groups is 1. The van der Waals surface area contributed by atoms with Crippen molar-refractivity contribution in [3.05, 3.63) is 253 Å². The number of rotatable bonds is 13. The van der Waals surface area contributed by atoms with Gasteiger partial charge in [-0.15, -0.1) is 0 Å². The number of hydrogen-bond acceptors (Lipinski definition) is 19. The lowest BCUT2D eigenvalue weighted by atomic mass is 9.98. The van der Waals surface area contributed by atoms with Gasteiger partial charge in [0.25, 0.3) is 0 Å². The summed E-state index contributed by atoms with van der Waals surface area (Å²) in [4.78, 5) is 53.3. The molecule has 1 unspecified atom stereocenters. The first kappa shape index (κ1) is 81.2. The van der Waals surface area contributed by atoms with Crippen LogP contribution in [0.2, 0.25) is 5.02 Å². The van der Waals surface area contributed by atoms with E-state index >= 15 is 0 Å². The molecule has 4 aromatic heterocycles. The third-order valence-corrected chi connectivity index (χ3v) is 20.7. The minimum atomic E-state index is -4.45. The average Bonchev–Trinajstić information content (AvgIpc) is 1.31. The molecule has 4 aliphatic rings. The second-order valence-electron chi connectivity index (χ2n) is 30.0. The number of pyridine rings is 2. The molecular formula is C93H90ClF3N14O5. The second-order valence-corrected chi connectivity index (χ2v) is 30.4. The maximum atomic E-state index is 13.2. The van der Waals surface area contributed by atoms with Gasteiger partial charge in [-0.3, -0.25) is 14.8 Å². The fourth-order valence-electron chi connectivity index (χ4n) is 14.0. The topological polar surface area (TPSA) is 239 Å². The van der Waals surface area contributed by atoms with Crippen LogP contribution < -0.4 is 45.9 Å². The monoisotopic (exact) mass is 1570 g/mol. The minimum absolute atomic E-state index is 0.00345. The first-order valence-electron chi connectivity index (χ1n) is 38.1. The molecule has 2 atom stereocenters. The van der Waals surface area contributed by atoms with E-state index in [1.807, 2.05) is 80.6 Å². The lowest BCUT2D eigenvalue weighted by Crippen LogP contribution is -2.39. The highest BCUT2D eigenvalue weighted by Crippen LogP contribution is 2.39. The largest absolute Gasteiger partial charge is 0.493 e. The van der Waals surface area contributed by atoms with Crippen molar-refractivity contribution in [1.29, 1.82) is 0 Å². The van der Waals surface area contributed by atoms with Crippen molar-refractivity contribution in [2.75, 3.05) is 85.1 Å². The second kappa shape index (κ2) is 35.3. The van der Waals surface area contributed by atoms with E-state index in [0.29, 0.717) is 74.1 Å². The summed E-state index contributed by atoms with van der Waals surface area (Å²) in [5.41, 5.74) is 22.2. The van der Waals surface area contributed by atoms with Crippen molar-refractivity contribution in [3.63, 3.8) is 0 Å². The zero-order valence-corrected chi connectivity index (χ0v) is 67.6. The number of ether oxygens (including phenoxy) is 4. The van der Waals surface area contributed by atoms with Gasteiger partial charge in [-0.05, 0) is 176 Å². The Morgan fingerprint density at radius 2 is 1.16 bits per heavy atom. The number of fused-ring (bicyclic) bond motifs is 4. The van der Waals surface area contributed by atoms with E-state index in [1.165, 1.54) is 31.4 Å². The molecule has 12 aromatic rings. The van der Waals surface area contributed by atoms with Crippen LogP contribution in [0.15, 0.2) is 174 Å². The van der Waals surface area contributed by atoms with Gasteiger partial charge in [0.1, 0.15) is 52.3 Å². The summed E-state index contributed by atoms with van der Waals surface area (Å²) in [7, 11) is 10.8. The number of aliphatic imine (C=N–C) groups is 2. The number of nitrogen functional groups attached to an aromatic ring is 2. The molecule has 116 heavy (non-hydrogen) atoms. The van der Waals surface area contributed by atoms with Gasteiger partial charge in [-0.2, -0.15) is 13.2 Å². The molecule has 2 fully saturated rings. The third-order valence-electron chi connectivity index (χ3n) is 20.5. The van der Waals surface area contributed by atoms with Crippen LogP contribution in [0.25, 0.3) is 43.4 Å². The average molecular weight is 1580 g/mol. The minimum Gasteiger partial charge on any atom is -0.493 e. The SMILES string of the molecule is COc1cc2nc(C)nc(C#Cc3ccc(C4=NCC(C)(C)N4)cc3)c2cc1OC.COc1cc2nc(C)nc(N3CC[C@@H](N(C)C)C3)c2cc1OC.Cc1ccc(CC(=O)Cc2cccc(C#Cc3c(N)ncc4ccc(Cl)cc34)c2)cc1C(F)(F)F.Cc1ccc2cnc(N)c(C#Cc3ccc(C4=NCC(C5CC5)N4)cc3)c2c1. The molecule has 8 aromatic carbocycles. The normalized spacial score (nSPS) is 15.1. The molecule has 1 saturated heterocycles. The van der Waals surface area contributed by atoms with Gasteiger partial charge < -0.3 is 50.8 Å². The molecular weight excluding hydrogens is 1490 g/mol. The number of alkyl halides is 3. The molecule has 19 nitrogen and oxygen atoms in total. The maximum absolute atomic E-state index is 13.2. The van der Waals surface area contributed by atoms with Crippen molar-refractivity contribution in [2.45, 2.75) is 97.4 Å². The van der Waals surface area contributed by atoms with Gasteiger partial charge in [0.15, 0.2) is 23.0 Å². The number of methoxy groups -OCH3 is 4. The molecule has 1 saturated carbocycles. The summed E-state index contributed by atoms with van der Waals surface area (Å²) >= 11 is 6.13. The van der Waals surface area contributed by atoms with Crippen molar-refractivity contribution >= 4 is 89.9 Å². The summed E-state index contributed by atoms with van der Waals surface area (Å²) in [5.74, 6) is 27.4. The van der Waals surface area contributed by atoms with E-state index < -0.39 is 11.7 Å². The van der Waals surface area contributed by atoms with Crippen molar-refractivity contribution in [1.82, 2.24) is 45.4 Å². The highest BCUT2D eigenvalue weighted by Gasteiger charge is 2.35. The van der Waals surface area contributed by atoms with Crippen LogP contribution in [-0.2, 0) is 23.8 Å². The Bertz CT molecular complexity index is 6000. The number of amidine groups is 2. The van der Waals surface area contributed by atoms with Gasteiger partial charge in [-0.1, -0.05) is 113 Å². The van der Waals surface area contributed by atoms with Gasteiger partial charge >= 0.3 is 6.18 Å². The lowest BCUT2D eigenvalue weighted by molar-refractivity contribution is -0.138. The van der Waals surface area contributed by atoms with Crippen molar-refractivity contribution in [3.8, 4) is 58.5 Å². The molecule has 0 spiro atoms. The van der Waals surface area contributed by atoms with Crippen molar-refractivity contribution < 1.29 is 36.9 Å². The van der Waals surface area contributed by atoms with Crippen molar-refractivity contribution in [2.24, 2.45) is 15.9 Å². The van der Waals surface area contributed by atoms with E-state index in [0.717, 1.165) is 145 Å². The molecule has 0 radical (unpaired) electrons. The van der Waals surface area contributed by atoms with Crippen LogP contribution in [0.5, 0.6) is 23.0 Å². The van der Waals surface area contributed by atoms with Gasteiger partial charge in [0.2, 0.25) is 0 Å². The number of benzene rings is 8. The van der Waals surface area contributed by atoms with E-state index in [9.17, 15) is 18.0 Å². The van der Waals surface area contributed by atoms with E-state index in [1.54, 1.807) is 83.3 Å². The van der Waals surface area contributed by atoms with Crippen LogP contribution in [0.4, 0.5) is 30.6 Å². The number of anilines is 3. The number of hydrogen-bond donors (Lipinski definition) is 4. The standard InChI is InChI=1S/C28H20ClF3N2O.C24H24N4O2.C24H22N4.C17H24N4O2/c1-17-5-6-20(14-26(17)28(30,31)32)13-23(35)12-19-4-2-3-18(11-19)7-10-24-25-15-22(29)9-8-21(25)16-34-27(24)33;1-15-26-19(18-12-21(29-4)22(30-5)13-20(18)27-15)11-8-16-6-9-17(10-7-16)23-25-14-24(2,3)28-23;1-15-2-6-19-13-26-23(25)20(21(19)12-15)11-5-16-3-7-18(8-4-16)24-27-14-22(28-24)17-9-10-17;1-11-18-14-9-16(23-5)15(22-4)8-13(14)17(19-11)21-7-6-12(10-21)20(2)3/h2-6,8-9,11,14-16H,12-13H2,1H3,(H2,33,34);6-7,9-10,12-13H,14H2,1-5H3,(H,25,28);2-4,6-8,12-13,17,22H,9-10,14H2,1H3,(H2,25,26)(H,27,28);8-9,12H,6-7,10H2,1-5H3/t;;;12-/m...1/s1. The molecule has 7 heterocycles. The lowest BCUT2D eigenvalue weighted by Gasteiger charge is -2.22. The molecule has 0 bridgehead atoms. The summed E-state index contributed by atoms with van der Waals surface area (Å²) in [6, 6.07) is 47.8. The Morgan fingerprint density at radius 3 is 1.74 bits per heavy atom. The summed E-state index contributed by atoms with van der Waals surface area (Å²) < 4.78 is 61.1. The first-order chi connectivity index (χ1) is 55.7. The maximum Gasteiger partial charge on any atom is 0.416 e. The Balaban J connectivity index is 0.000000136. The molecule has 16 rings (SSSR count). The van der Waals surface area contributed by atoms with Crippen LogP contribution in [0.1, 0.15) is 117 Å². The number of Topliss-reactive ketones (excluding diaryl/α,β-unsaturated/α-hetero) is 1. The summed E-state index contributed by atoms with van der Waals surface area (Å²) in [6.07, 6.45) is 2.81. The quantitative estimate of drug-likeness (QED) is 0.0785. The van der Waals surface area contributed by atoms with Gasteiger partial charge in [-0.25, -0.2) is 29.9 Å². The number of aryl methyl sites for hydroxylation is 4. The predicted octanol–water partition coefficient (Wildman–Crippen LogP) is 15.8. The number of carbonyl (C=O) groups excluding carboxylic acids is 1. The Morgan fingerprint density at radius 1 is 0.595 bits per heavy atom. The fraction of sp³-hybridized carbons (Fsp3) is 0.280. The van der Waals surface area contributed by atoms with E-state index in [4.69, 9.17) is 47.0 Å². The molecule has 590 valence electrons. The predicted molar refractivity (Wildman–Crippen MR) is 457 cm³/mol. The molecule has 3 aliphatic heterocycles. The highest BCUT2D eigenvalue weighted by atomic mass is 35.5. The Kier molecular flexibility index (Phi) is 24.7. The number of aromatic nitrogens is 6. The first-order valence-corrected chi connectivity index (χ1v) is 38.5. The molecule has 23 heteroatoms. The number of nitrogens with zero attached hydrogens (tertiary/aromatic N) is 10. The number of nitrogens with one attached hydrogen (secondary N) is 2. The number of halogens is 4. The van der Waals surface area contributed by atoms with Crippen LogP contribution in [-0.4, -0.2) is 139 Å². The number of likely N-dealkylation sites (N-methyl/N-ethyl adjacent to an activating group) is 1. The smallest absolute Gasteiger partial charge is 0.416 e. The van der Waals surface area contributed by atoms with E-state index in [-0.39, 0.29) is 35.5 Å². The van der Waals surface area contributed by atoms with Gasteiger partial charge in [0.05, 0.1) is 74.8 Å².